The molecule has 2 aliphatic rings. The van der Waals surface area contributed by atoms with Gasteiger partial charge in [0.2, 0.25) is 0 Å². The predicted molar refractivity (Wildman–Crippen MR) is 81.0 cm³/mol. The van der Waals surface area contributed by atoms with Gasteiger partial charge in [-0.15, -0.1) is 11.3 Å². The molecule has 0 unspecified atom stereocenters. The Labute approximate surface area is 127 Å². The Hall–Kier alpha value is -1.78. The van der Waals surface area contributed by atoms with Crippen molar-refractivity contribution in [2.75, 3.05) is 6.61 Å². The highest BCUT2D eigenvalue weighted by Gasteiger charge is 2.27. The molecule has 108 valence electrons. The van der Waals surface area contributed by atoms with Crippen LogP contribution < -0.4 is 0 Å². The van der Waals surface area contributed by atoms with Crippen LogP contribution >= 0.6 is 11.3 Å². The monoisotopic (exact) mass is 300 g/mol. The largest absolute Gasteiger partial charge is 0.454 e. The van der Waals surface area contributed by atoms with Crippen LogP contribution in [0.3, 0.4) is 0 Å². The van der Waals surface area contributed by atoms with Crippen LogP contribution in [0.2, 0.25) is 0 Å². The molecule has 0 saturated heterocycles. The topological polar surface area (TPSA) is 27.7 Å². The van der Waals surface area contributed by atoms with Crippen molar-refractivity contribution in [1.82, 2.24) is 0 Å². The Kier molecular flexibility index (Phi) is 3.20. The fourth-order valence-electron chi connectivity index (χ4n) is 2.92. The fraction of sp³-hybridized carbons (Fsp3) is 0.294. The second-order valence-electron chi connectivity index (χ2n) is 5.24. The number of ether oxygens (including phenoxy) is 3. The van der Waals surface area contributed by atoms with E-state index in [1.54, 1.807) is 23.9 Å². The van der Waals surface area contributed by atoms with Crippen molar-refractivity contribution in [3.8, 4) is 0 Å². The Morgan fingerprint density at radius 1 is 1.10 bits per heavy atom. The lowest BCUT2D eigenvalue weighted by Gasteiger charge is -2.26. The van der Waals surface area contributed by atoms with Crippen LogP contribution in [0.15, 0.2) is 42.9 Å². The maximum atomic E-state index is 6.06. The van der Waals surface area contributed by atoms with Gasteiger partial charge in [0.1, 0.15) is 18.6 Å². The summed E-state index contributed by atoms with van der Waals surface area (Å²) < 4.78 is 16.9. The van der Waals surface area contributed by atoms with Crippen LogP contribution in [0, 0.1) is 6.92 Å². The highest BCUT2D eigenvalue weighted by atomic mass is 32.1. The van der Waals surface area contributed by atoms with Gasteiger partial charge in [0.15, 0.2) is 0 Å². The lowest BCUT2D eigenvalue weighted by Crippen LogP contribution is -2.17. The summed E-state index contributed by atoms with van der Waals surface area (Å²) in [6.45, 7) is 2.90. The second kappa shape index (κ2) is 5.20. The van der Waals surface area contributed by atoms with E-state index in [0.717, 1.165) is 17.9 Å². The van der Waals surface area contributed by atoms with Gasteiger partial charge in [0.05, 0.1) is 11.5 Å². The van der Waals surface area contributed by atoms with E-state index in [9.17, 15) is 0 Å². The first kappa shape index (κ1) is 12.9. The van der Waals surface area contributed by atoms with Gasteiger partial charge in [-0.3, -0.25) is 0 Å². The van der Waals surface area contributed by atoms with Crippen molar-refractivity contribution in [2.24, 2.45) is 0 Å². The van der Waals surface area contributed by atoms with Gasteiger partial charge in [-0.05, 0) is 36.1 Å². The Bertz CT molecular complexity index is 681. The van der Waals surface area contributed by atoms with E-state index in [-0.39, 0.29) is 12.4 Å². The Morgan fingerprint density at radius 2 is 1.90 bits per heavy atom. The first-order chi connectivity index (χ1) is 10.3. The van der Waals surface area contributed by atoms with Crippen LogP contribution in [0.5, 0.6) is 0 Å². The molecule has 4 rings (SSSR count). The lowest BCUT2D eigenvalue weighted by atomic mass is 9.93. The first-order valence-electron chi connectivity index (χ1n) is 7.08. The molecule has 0 amide bonds. The first-order valence-corrected chi connectivity index (χ1v) is 7.90. The summed E-state index contributed by atoms with van der Waals surface area (Å²) in [6.07, 6.45) is 3.88. The summed E-state index contributed by atoms with van der Waals surface area (Å²) >= 11 is 1.71. The van der Waals surface area contributed by atoms with Gasteiger partial charge in [-0.2, -0.15) is 0 Å². The number of aryl methyl sites for hydroxylation is 1. The zero-order valence-electron chi connectivity index (χ0n) is 11.7. The van der Waals surface area contributed by atoms with Gasteiger partial charge in [-0.1, -0.05) is 24.3 Å². The van der Waals surface area contributed by atoms with E-state index in [0.29, 0.717) is 0 Å². The molecule has 3 nitrogen and oxygen atoms in total. The van der Waals surface area contributed by atoms with Gasteiger partial charge < -0.3 is 14.2 Å². The lowest BCUT2D eigenvalue weighted by molar-refractivity contribution is -0.0218. The van der Waals surface area contributed by atoms with Crippen molar-refractivity contribution in [2.45, 2.75) is 25.7 Å². The van der Waals surface area contributed by atoms with Crippen molar-refractivity contribution >= 4 is 11.3 Å². The molecule has 1 atom stereocenters. The second-order valence-corrected chi connectivity index (χ2v) is 6.52. The summed E-state index contributed by atoms with van der Waals surface area (Å²) in [4.78, 5) is 2.34. The molecular formula is C17H16O3S. The smallest absolute Gasteiger partial charge is 0.275 e. The molecular weight excluding hydrogens is 284 g/mol. The molecule has 0 N–H and O–H groups in total. The number of rotatable bonds is 2. The molecule has 21 heavy (non-hydrogen) atoms. The van der Waals surface area contributed by atoms with E-state index in [2.05, 4.69) is 37.3 Å². The third-order valence-corrected chi connectivity index (χ3v) is 5.03. The normalized spacial score (nSPS) is 20.9. The van der Waals surface area contributed by atoms with Crippen molar-refractivity contribution in [3.63, 3.8) is 0 Å². The standard InChI is InChI=1S/C17H16O3S/c1-11-14(10-15(21-11)17-19-8-9-20-17)16-13-5-3-2-4-12(13)6-7-18-16/h2-5,8-10,16-17H,6-7H2,1H3/t16-/m1/s1. The summed E-state index contributed by atoms with van der Waals surface area (Å²) in [5, 5.41) is 0. The molecule has 0 bridgehead atoms. The predicted octanol–water partition coefficient (Wildman–Crippen LogP) is 4.24. The number of hydrogen-bond donors (Lipinski definition) is 0. The maximum Gasteiger partial charge on any atom is 0.275 e. The summed E-state index contributed by atoms with van der Waals surface area (Å²) in [6, 6.07) is 10.7. The summed E-state index contributed by atoms with van der Waals surface area (Å²) in [5.41, 5.74) is 3.89. The third-order valence-electron chi connectivity index (χ3n) is 3.94. The Balaban J connectivity index is 1.71. The molecule has 0 spiro atoms. The summed E-state index contributed by atoms with van der Waals surface area (Å²) in [5.74, 6) is 0. The van der Waals surface area contributed by atoms with E-state index in [4.69, 9.17) is 14.2 Å². The van der Waals surface area contributed by atoms with E-state index < -0.39 is 0 Å². The molecule has 3 heterocycles. The number of fused-ring (bicyclic) bond motifs is 1. The van der Waals surface area contributed by atoms with E-state index in [1.807, 2.05) is 0 Å². The Morgan fingerprint density at radius 3 is 2.76 bits per heavy atom. The zero-order chi connectivity index (χ0) is 14.2. The minimum atomic E-state index is -0.304. The fourth-order valence-corrected chi connectivity index (χ4v) is 3.95. The molecule has 4 heteroatoms. The average molecular weight is 300 g/mol. The maximum absolute atomic E-state index is 6.06. The van der Waals surface area contributed by atoms with Gasteiger partial charge in [0, 0.05) is 4.88 Å². The average Bonchev–Trinajstić information content (AvgIpc) is 3.16. The van der Waals surface area contributed by atoms with Crippen molar-refractivity contribution < 1.29 is 14.2 Å². The summed E-state index contributed by atoms with van der Waals surface area (Å²) in [7, 11) is 0. The minimum Gasteiger partial charge on any atom is -0.454 e. The number of thiophene rings is 1. The number of benzene rings is 1. The minimum absolute atomic E-state index is 0.0225. The van der Waals surface area contributed by atoms with Crippen molar-refractivity contribution in [3.05, 3.63) is 69.3 Å². The van der Waals surface area contributed by atoms with Crippen LogP contribution in [0.1, 0.15) is 38.8 Å². The molecule has 0 fully saturated rings. The van der Waals surface area contributed by atoms with Gasteiger partial charge in [0.25, 0.3) is 6.29 Å². The van der Waals surface area contributed by atoms with E-state index >= 15 is 0 Å². The van der Waals surface area contributed by atoms with E-state index in [1.165, 1.54) is 21.6 Å². The molecule has 1 aromatic carbocycles. The quantitative estimate of drug-likeness (QED) is 0.830. The zero-order valence-corrected chi connectivity index (χ0v) is 12.6. The molecule has 0 aliphatic carbocycles. The molecule has 2 aliphatic heterocycles. The molecule has 0 radical (unpaired) electrons. The third kappa shape index (κ3) is 2.24. The molecule has 1 aromatic heterocycles. The van der Waals surface area contributed by atoms with Gasteiger partial charge >= 0.3 is 0 Å². The SMILES string of the molecule is Cc1sc(C2OC=CO2)cc1[C@@H]1OCCc2ccccc21. The number of hydrogen-bond acceptors (Lipinski definition) is 4. The van der Waals surface area contributed by atoms with Crippen molar-refractivity contribution in [1.29, 1.82) is 0 Å². The van der Waals surface area contributed by atoms with Crippen LogP contribution in [-0.2, 0) is 20.6 Å². The van der Waals surface area contributed by atoms with Gasteiger partial charge in [-0.25, -0.2) is 0 Å². The van der Waals surface area contributed by atoms with Crippen LogP contribution in [0.4, 0.5) is 0 Å². The molecule has 2 aromatic rings. The van der Waals surface area contributed by atoms with Crippen LogP contribution in [-0.4, -0.2) is 6.61 Å². The highest BCUT2D eigenvalue weighted by Crippen LogP contribution is 2.40. The van der Waals surface area contributed by atoms with Crippen LogP contribution in [0.25, 0.3) is 0 Å². The highest BCUT2D eigenvalue weighted by molar-refractivity contribution is 7.12. The molecule has 0 saturated carbocycles.